The Morgan fingerprint density at radius 1 is 1.22 bits per heavy atom. The van der Waals surface area contributed by atoms with Gasteiger partial charge < -0.3 is 10.5 Å². The predicted molar refractivity (Wildman–Crippen MR) is 134 cm³/mol. The first-order valence-electron chi connectivity index (χ1n) is 11.8. The molecular formula is C28H25FN4O4. The minimum atomic E-state index is -1.14. The van der Waals surface area contributed by atoms with Crippen LogP contribution in [0, 0.1) is 24.1 Å². The number of nitrogens with two attached hydrogens (primary N) is 1. The number of aromatic nitrogens is 2. The molecule has 4 N–H and O–H groups in total. The number of nitrogens with zero attached hydrogens (tertiary/aromatic N) is 2. The minimum absolute atomic E-state index is 0.0536. The van der Waals surface area contributed by atoms with Crippen molar-refractivity contribution in [1.82, 2.24) is 15.4 Å². The third kappa shape index (κ3) is 4.73. The van der Waals surface area contributed by atoms with Gasteiger partial charge in [0.2, 0.25) is 11.8 Å². The van der Waals surface area contributed by atoms with Gasteiger partial charge in [-0.25, -0.2) is 14.9 Å². The van der Waals surface area contributed by atoms with Crippen LogP contribution >= 0.6 is 0 Å². The van der Waals surface area contributed by atoms with Crippen molar-refractivity contribution in [3.05, 3.63) is 89.5 Å². The number of fused-ring (bicyclic) bond motifs is 1. The van der Waals surface area contributed by atoms with Gasteiger partial charge in [0.25, 0.3) is 0 Å². The highest BCUT2D eigenvalue weighted by molar-refractivity contribution is 5.95. The normalized spacial score (nSPS) is 18.4. The van der Waals surface area contributed by atoms with Crippen molar-refractivity contribution < 1.29 is 23.9 Å². The molecule has 0 bridgehead atoms. The maximum atomic E-state index is 15.0. The van der Waals surface area contributed by atoms with Gasteiger partial charge in [-0.2, -0.15) is 0 Å². The van der Waals surface area contributed by atoms with Crippen LogP contribution in [-0.4, -0.2) is 27.0 Å². The molecule has 2 aromatic heterocycles. The van der Waals surface area contributed by atoms with E-state index in [2.05, 4.69) is 4.98 Å². The van der Waals surface area contributed by atoms with E-state index in [1.54, 1.807) is 23.9 Å². The molecule has 0 unspecified atom stereocenters. The molecule has 0 spiro atoms. The number of amides is 2. The number of hydrogen-bond acceptors (Lipinski definition) is 6. The number of nitrogens with one attached hydrogen (secondary N) is 1. The highest BCUT2D eigenvalue weighted by Crippen LogP contribution is 2.54. The molecule has 1 aliphatic rings. The number of ether oxygens (including phenoxy) is 1. The summed E-state index contributed by atoms with van der Waals surface area (Å²) in [6.45, 7) is 2.10. The standard InChI is InChI=1S/C28H25FN4O4/c1-16-4-6-23-20(9-16)19(11-24(32-23)18-3-2-8-31-14-18)15-37-25-7-5-17(10-22(25)29)12-28(27(30)35)13-21(28)26(34)33-36/h2-11,14,21,36H,12-13,15H2,1H3,(H2,30,35)(H,33,34)/t21-,28+/m1/s1. The molecule has 1 saturated carbocycles. The molecule has 4 aromatic rings. The fourth-order valence-corrected chi connectivity index (χ4v) is 4.76. The lowest BCUT2D eigenvalue weighted by molar-refractivity contribution is -0.134. The quantitative estimate of drug-likeness (QED) is 0.249. The van der Waals surface area contributed by atoms with Crippen LogP contribution in [0.3, 0.4) is 0 Å². The Kier molecular flexibility index (Phi) is 6.31. The van der Waals surface area contributed by atoms with Crippen LogP contribution in [0.2, 0.25) is 0 Å². The van der Waals surface area contributed by atoms with Crippen molar-refractivity contribution in [3.8, 4) is 17.0 Å². The number of carbonyl (C=O) groups excluding carboxylic acids is 2. The molecule has 2 aromatic carbocycles. The molecule has 37 heavy (non-hydrogen) atoms. The van der Waals surface area contributed by atoms with Crippen molar-refractivity contribution in [2.45, 2.75) is 26.4 Å². The summed E-state index contributed by atoms with van der Waals surface area (Å²) in [5.41, 5.74) is 10.7. The van der Waals surface area contributed by atoms with Gasteiger partial charge in [0.1, 0.15) is 6.61 Å². The summed E-state index contributed by atoms with van der Waals surface area (Å²) in [7, 11) is 0. The number of aryl methyl sites for hydroxylation is 1. The molecular weight excluding hydrogens is 475 g/mol. The van der Waals surface area contributed by atoms with Gasteiger partial charge in [-0.3, -0.25) is 19.8 Å². The average molecular weight is 501 g/mol. The van der Waals surface area contributed by atoms with Gasteiger partial charge >= 0.3 is 0 Å². The first-order valence-corrected chi connectivity index (χ1v) is 11.8. The van der Waals surface area contributed by atoms with Crippen molar-refractivity contribution in [1.29, 1.82) is 0 Å². The SMILES string of the molecule is Cc1ccc2nc(-c3cccnc3)cc(COc3ccc(C[C@]4(C(N)=O)C[C@@H]4C(=O)NO)cc3F)c2c1. The van der Waals surface area contributed by atoms with Crippen LogP contribution in [0.5, 0.6) is 5.75 Å². The maximum absolute atomic E-state index is 15.0. The summed E-state index contributed by atoms with van der Waals surface area (Å²) < 4.78 is 20.9. The summed E-state index contributed by atoms with van der Waals surface area (Å²) in [6.07, 6.45) is 3.71. The van der Waals surface area contributed by atoms with Crippen molar-refractivity contribution in [2.75, 3.05) is 0 Å². The van der Waals surface area contributed by atoms with Gasteiger partial charge in [0.15, 0.2) is 11.6 Å². The van der Waals surface area contributed by atoms with Crippen molar-refractivity contribution in [2.24, 2.45) is 17.1 Å². The fourth-order valence-electron chi connectivity index (χ4n) is 4.76. The van der Waals surface area contributed by atoms with Crippen LogP contribution in [0.4, 0.5) is 4.39 Å². The van der Waals surface area contributed by atoms with E-state index in [1.165, 1.54) is 12.1 Å². The van der Waals surface area contributed by atoms with E-state index in [0.717, 1.165) is 33.3 Å². The van der Waals surface area contributed by atoms with Crippen LogP contribution in [0.1, 0.15) is 23.1 Å². The lowest BCUT2D eigenvalue weighted by Crippen LogP contribution is -2.33. The monoisotopic (exact) mass is 500 g/mol. The van der Waals surface area contributed by atoms with Crippen LogP contribution < -0.4 is 16.0 Å². The molecule has 2 atom stereocenters. The Morgan fingerprint density at radius 3 is 2.76 bits per heavy atom. The van der Waals surface area contributed by atoms with E-state index in [1.807, 2.05) is 43.3 Å². The highest BCUT2D eigenvalue weighted by Gasteiger charge is 2.62. The summed E-state index contributed by atoms with van der Waals surface area (Å²) in [6, 6.07) is 16.1. The van der Waals surface area contributed by atoms with Gasteiger partial charge in [0.05, 0.1) is 22.5 Å². The van der Waals surface area contributed by atoms with E-state index in [-0.39, 0.29) is 25.2 Å². The number of benzene rings is 2. The zero-order chi connectivity index (χ0) is 26.2. The first-order chi connectivity index (χ1) is 17.8. The van der Waals surface area contributed by atoms with Crippen LogP contribution in [-0.2, 0) is 22.6 Å². The molecule has 1 fully saturated rings. The lowest BCUT2D eigenvalue weighted by atomic mass is 9.92. The Morgan fingerprint density at radius 2 is 2.05 bits per heavy atom. The summed E-state index contributed by atoms with van der Waals surface area (Å²) in [5, 5.41) is 9.80. The molecule has 9 heteroatoms. The zero-order valence-corrected chi connectivity index (χ0v) is 20.1. The Hall–Kier alpha value is -4.37. The average Bonchev–Trinajstić information content (AvgIpc) is 3.63. The van der Waals surface area contributed by atoms with Gasteiger partial charge in [-0.05, 0) is 67.8 Å². The zero-order valence-electron chi connectivity index (χ0n) is 20.1. The lowest BCUT2D eigenvalue weighted by Gasteiger charge is -2.15. The number of hydroxylamine groups is 1. The predicted octanol–water partition coefficient (Wildman–Crippen LogP) is 3.86. The van der Waals surface area contributed by atoms with Crippen molar-refractivity contribution in [3.63, 3.8) is 0 Å². The first kappa shape index (κ1) is 24.3. The second-order valence-corrected chi connectivity index (χ2v) is 9.41. The molecule has 8 nitrogen and oxygen atoms in total. The summed E-state index contributed by atoms with van der Waals surface area (Å²) in [5.74, 6) is -2.62. The third-order valence-corrected chi connectivity index (χ3v) is 6.90. The third-order valence-electron chi connectivity index (χ3n) is 6.90. The number of pyridine rings is 2. The molecule has 1 aliphatic carbocycles. The van der Waals surface area contributed by atoms with E-state index < -0.39 is 29.0 Å². The van der Waals surface area contributed by atoms with Gasteiger partial charge in [0, 0.05) is 28.9 Å². The molecule has 2 amide bonds. The molecule has 0 saturated heterocycles. The molecule has 2 heterocycles. The van der Waals surface area contributed by atoms with Crippen LogP contribution in [0.15, 0.2) is 67.0 Å². The van der Waals surface area contributed by atoms with E-state index in [0.29, 0.717) is 5.56 Å². The highest BCUT2D eigenvalue weighted by atomic mass is 19.1. The molecule has 0 aliphatic heterocycles. The fraction of sp³-hybridized carbons (Fsp3) is 0.214. The minimum Gasteiger partial charge on any atom is -0.486 e. The number of primary amides is 1. The molecule has 5 rings (SSSR count). The largest absolute Gasteiger partial charge is 0.486 e. The number of halogens is 1. The number of hydrogen-bond donors (Lipinski definition) is 3. The maximum Gasteiger partial charge on any atom is 0.247 e. The molecule has 0 radical (unpaired) electrons. The number of carbonyl (C=O) groups is 2. The Balaban J connectivity index is 1.39. The van der Waals surface area contributed by atoms with Gasteiger partial charge in [-0.15, -0.1) is 0 Å². The summed E-state index contributed by atoms with van der Waals surface area (Å²) >= 11 is 0. The summed E-state index contributed by atoms with van der Waals surface area (Å²) in [4.78, 5) is 32.7. The second kappa shape index (κ2) is 9.59. The Labute approximate surface area is 212 Å². The van der Waals surface area contributed by atoms with E-state index in [9.17, 15) is 9.59 Å². The van der Waals surface area contributed by atoms with Gasteiger partial charge in [-0.1, -0.05) is 17.7 Å². The topological polar surface area (TPSA) is 127 Å². The van der Waals surface area contributed by atoms with Crippen LogP contribution in [0.25, 0.3) is 22.2 Å². The Bertz CT molecular complexity index is 1510. The van der Waals surface area contributed by atoms with E-state index in [4.69, 9.17) is 20.7 Å². The number of rotatable bonds is 8. The molecule has 188 valence electrons. The van der Waals surface area contributed by atoms with E-state index >= 15 is 4.39 Å². The second-order valence-electron chi connectivity index (χ2n) is 9.41. The smallest absolute Gasteiger partial charge is 0.247 e. The van der Waals surface area contributed by atoms with Crippen molar-refractivity contribution >= 4 is 22.7 Å².